The molecule has 1 aliphatic rings. The molecule has 1 unspecified atom stereocenters. The Balaban J connectivity index is 1.89. The first-order valence-corrected chi connectivity index (χ1v) is 8.64. The zero-order valence-electron chi connectivity index (χ0n) is 13.0. The molecule has 1 fully saturated rings. The van der Waals surface area contributed by atoms with Crippen LogP contribution in [0.2, 0.25) is 5.02 Å². The summed E-state index contributed by atoms with van der Waals surface area (Å²) in [6.45, 7) is 3.82. The van der Waals surface area contributed by atoms with Gasteiger partial charge >= 0.3 is 0 Å². The number of pyridine rings is 1. The molecule has 0 spiro atoms. The van der Waals surface area contributed by atoms with Crippen LogP contribution in [0.4, 0.5) is 0 Å². The molecule has 3 rings (SSSR count). The van der Waals surface area contributed by atoms with Crippen LogP contribution in [0, 0.1) is 18.3 Å². The van der Waals surface area contributed by atoms with Gasteiger partial charge in [0.15, 0.2) is 5.16 Å². The molecular weight excluding hydrogens is 332 g/mol. The number of aromatic nitrogens is 4. The summed E-state index contributed by atoms with van der Waals surface area (Å²) in [5.41, 5.74) is 1.23. The second-order valence-corrected chi connectivity index (χ2v) is 6.93. The van der Waals surface area contributed by atoms with Gasteiger partial charge < -0.3 is 9.88 Å². The lowest BCUT2D eigenvalue weighted by molar-refractivity contribution is 0.436. The first-order valence-electron chi connectivity index (χ1n) is 7.45. The zero-order chi connectivity index (χ0) is 16.4. The topological polar surface area (TPSA) is 79.4 Å². The highest BCUT2D eigenvalue weighted by Crippen LogP contribution is 2.32. The van der Waals surface area contributed by atoms with E-state index in [-0.39, 0.29) is 0 Å². The molecule has 8 heteroatoms. The Morgan fingerprint density at radius 3 is 3.00 bits per heavy atom. The number of nitrogens with one attached hydrogen (secondary N) is 1. The minimum absolute atomic E-state index is 0.381. The Hall–Kier alpha value is -1.62. The van der Waals surface area contributed by atoms with Crippen molar-refractivity contribution in [3.05, 3.63) is 28.2 Å². The number of halogens is 1. The minimum Gasteiger partial charge on any atom is -0.316 e. The number of nitriles is 1. The summed E-state index contributed by atoms with van der Waals surface area (Å²) in [6.07, 6.45) is 3.84. The van der Waals surface area contributed by atoms with Crippen LogP contribution in [-0.4, -0.2) is 32.8 Å². The summed E-state index contributed by atoms with van der Waals surface area (Å²) >= 11 is 7.39. The minimum atomic E-state index is 0.381. The van der Waals surface area contributed by atoms with Crippen molar-refractivity contribution in [3.8, 4) is 6.07 Å². The summed E-state index contributed by atoms with van der Waals surface area (Å²) in [5, 5.41) is 23.2. The van der Waals surface area contributed by atoms with Gasteiger partial charge in [-0.25, -0.2) is 4.98 Å². The summed E-state index contributed by atoms with van der Waals surface area (Å²) in [5.74, 6) is 1.36. The van der Waals surface area contributed by atoms with Gasteiger partial charge in [-0.05, 0) is 43.6 Å². The third kappa shape index (κ3) is 3.20. The van der Waals surface area contributed by atoms with Crippen molar-refractivity contribution in [1.29, 1.82) is 5.26 Å². The predicted octanol–water partition coefficient (Wildman–Crippen LogP) is 2.66. The van der Waals surface area contributed by atoms with Gasteiger partial charge in [0, 0.05) is 25.7 Å². The van der Waals surface area contributed by atoms with Crippen molar-refractivity contribution in [2.75, 3.05) is 13.1 Å². The molecule has 2 aromatic heterocycles. The molecule has 0 saturated carbocycles. The maximum Gasteiger partial charge on any atom is 0.197 e. The molecule has 1 N–H and O–H groups in total. The van der Waals surface area contributed by atoms with E-state index in [0.717, 1.165) is 42.5 Å². The summed E-state index contributed by atoms with van der Waals surface area (Å²) in [4.78, 5) is 4.28. The lowest BCUT2D eigenvalue weighted by atomic mass is 9.99. The third-order valence-electron chi connectivity index (χ3n) is 4.07. The van der Waals surface area contributed by atoms with E-state index in [9.17, 15) is 5.26 Å². The average molecular weight is 349 g/mol. The van der Waals surface area contributed by atoms with Gasteiger partial charge in [0.05, 0.1) is 10.6 Å². The highest BCUT2D eigenvalue weighted by atomic mass is 35.5. The lowest BCUT2D eigenvalue weighted by Gasteiger charge is -2.21. The van der Waals surface area contributed by atoms with Crippen molar-refractivity contribution in [2.45, 2.75) is 35.9 Å². The maximum absolute atomic E-state index is 9.37. The van der Waals surface area contributed by atoms with Crippen LogP contribution in [0.5, 0.6) is 0 Å². The van der Waals surface area contributed by atoms with Crippen LogP contribution in [0.15, 0.2) is 16.4 Å². The molecule has 120 valence electrons. The molecule has 0 aliphatic carbocycles. The van der Waals surface area contributed by atoms with E-state index in [1.165, 1.54) is 11.8 Å². The SMILES string of the molecule is Cc1c(Cl)cnc(Sc2nnc(C3CCCNC3)n2C)c1C#N. The predicted molar refractivity (Wildman–Crippen MR) is 88.7 cm³/mol. The zero-order valence-corrected chi connectivity index (χ0v) is 14.6. The Morgan fingerprint density at radius 1 is 1.48 bits per heavy atom. The molecule has 0 bridgehead atoms. The van der Waals surface area contributed by atoms with Crippen LogP contribution < -0.4 is 5.32 Å². The van der Waals surface area contributed by atoms with Crippen LogP contribution in [0.1, 0.15) is 35.7 Å². The number of hydrogen-bond donors (Lipinski definition) is 1. The first-order chi connectivity index (χ1) is 11.1. The van der Waals surface area contributed by atoms with E-state index < -0.39 is 0 Å². The molecule has 0 amide bonds. The van der Waals surface area contributed by atoms with Gasteiger partial charge in [0.2, 0.25) is 0 Å². The van der Waals surface area contributed by atoms with Crippen LogP contribution in [-0.2, 0) is 7.05 Å². The molecule has 1 atom stereocenters. The number of rotatable bonds is 3. The first kappa shape index (κ1) is 16.2. The number of piperidine rings is 1. The monoisotopic (exact) mass is 348 g/mol. The van der Waals surface area contributed by atoms with E-state index in [1.807, 2.05) is 18.5 Å². The summed E-state index contributed by atoms with van der Waals surface area (Å²) in [6, 6.07) is 2.18. The van der Waals surface area contributed by atoms with Crippen molar-refractivity contribution >= 4 is 23.4 Å². The maximum atomic E-state index is 9.37. The van der Waals surface area contributed by atoms with Crippen molar-refractivity contribution in [2.24, 2.45) is 7.05 Å². The highest BCUT2D eigenvalue weighted by Gasteiger charge is 2.23. The largest absolute Gasteiger partial charge is 0.316 e. The van der Waals surface area contributed by atoms with E-state index in [4.69, 9.17) is 11.6 Å². The normalized spacial score (nSPS) is 17.9. The van der Waals surface area contributed by atoms with Crippen molar-refractivity contribution in [3.63, 3.8) is 0 Å². The molecule has 0 aromatic carbocycles. The number of nitrogens with zero attached hydrogens (tertiary/aromatic N) is 5. The number of hydrogen-bond acceptors (Lipinski definition) is 6. The van der Waals surface area contributed by atoms with Crippen LogP contribution in [0.3, 0.4) is 0 Å². The molecule has 23 heavy (non-hydrogen) atoms. The smallest absolute Gasteiger partial charge is 0.197 e. The Labute approximate surface area is 144 Å². The third-order valence-corrected chi connectivity index (χ3v) is 5.49. The molecular formula is C15H17ClN6S. The Bertz CT molecular complexity index is 760. The summed E-state index contributed by atoms with van der Waals surface area (Å²) < 4.78 is 2.00. The second-order valence-electron chi connectivity index (χ2n) is 5.57. The molecule has 1 aliphatic heterocycles. The van der Waals surface area contributed by atoms with Crippen LogP contribution in [0.25, 0.3) is 0 Å². The van der Waals surface area contributed by atoms with Gasteiger partial charge in [-0.3, -0.25) is 0 Å². The van der Waals surface area contributed by atoms with Gasteiger partial charge in [-0.2, -0.15) is 5.26 Å². The van der Waals surface area contributed by atoms with Crippen molar-refractivity contribution in [1.82, 2.24) is 25.1 Å². The molecule has 1 saturated heterocycles. The van der Waals surface area contributed by atoms with Crippen LogP contribution >= 0.6 is 23.4 Å². The van der Waals surface area contributed by atoms with E-state index in [1.54, 1.807) is 6.20 Å². The molecule has 2 aromatic rings. The fourth-order valence-electron chi connectivity index (χ4n) is 2.69. The Kier molecular flexibility index (Phi) is 4.85. The lowest BCUT2D eigenvalue weighted by Crippen LogP contribution is -2.29. The van der Waals surface area contributed by atoms with Gasteiger partial charge in [0.25, 0.3) is 0 Å². The molecule has 3 heterocycles. The second kappa shape index (κ2) is 6.87. The fourth-order valence-corrected chi connectivity index (χ4v) is 3.73. The average Bonchev–Trinajstić information content (AvgIpc) is 2.93. The molecule has 6 nitrogen and oxygen atoms in total. The Morgan fingerprint density at radius 2 is 2.30 bits per heavy atom. The highest BCUT2D eigenvalue weighted by molar-refractivity contribution is 7.99. The summed E-state index contributed by atoms with van der Waals surface area (Å²) in [7, 11) is 1.96. The van der Waals surface area contributed by atoms with Crippen molar-refractivity contribution < 1.29 is 0 Å². The quantitative estimate of drug-likeness (QED) is 0.918. The van der Waals surface area contributed by atoms with Gasteiger partial charge in [-0.1, -0.05) is 11.6 Å². The van der Waals surface area contributed by atoms with E-state index >= 15 is 0 Å². The van der Waals surface area contributed by atoms with E-state index in [0.29, 0.717) is 21.5 Å². The molecule has 0 radical (unpaired) electrons. The van der Waals surface area contributed by atoms with E-state index in [2.05, 4.69) is 26.6 Å². The fraction of sp³-hybridized carbons (Fsp3) is 0.467. The standard InChI is InChI=1S/C15H17ClN6S/c1-9-11(6-17)14(19-8-12(9)16)23-15-21-20-13(22(15)2)10-4-3-5-18-7-10/h8,10,18H,3-5,7H2,1-2H3. The van der Waals surface area contributed by atoms with Gasteiger partial charge in [0.1, 0.15) is 16.9 Å². The van der Waals surface area contributed by atoms with Gasteiger partial charge in [-0.15, -0.1) is 10.2 Å².